The van der Waals surface area contributed by atoms with E-state index >= 15 is 0 Å². The molecule has 0 unspecified atom stereocenters. The Labute approximate surface area is 130 Å². The Kier molecular flexibility index (Phi) is 3.21. The van der Waals surface area contributed by atoms with Gasteiger partial charge in [-0.25, -0.2) is 12.4 Å². The Morgan fingerprint density at radius 1 is 1.00 bits per heavy atom. The summed E-state index contributed by atoms with van der Waals surface area (Å²) < 4.78 is 27.5. The lowest BCUT2D eigenvalue weighted by Crippen LogP contribution is -2.11. The van der Waals surface area contributed by atoms with E-state index in [1.165, 1.54) is 3.97 Å². The zero-order chi connectivity index (χ0) is 14.3. The first-order valence-corrected chi connectivity index (χ1v) is 8.39. The van der Waals surface area contributed by atoms with E-state index in [1.54, 1.807) is 54.7 Å². The molecule has 0 aliphatic heterocycles. The number of benzene rings is 2. The molecule has 0 aliphatic carbocycles. The van der Waals surface area contributed by atoms with E-state index in [1.807, 2.05) is 0 Å². The van der Waals surface area contributed by atoms with Gasteiger partial charge in [-0.2, -0.15) is 0 Å². The molecule has 0 atom stereocenters. The molecule has 0 radical (unpaired) electrons. The average molecular weight is 398 g/mol. The molecule has 3 rings (SSSR count). The molecule has 4 nitrogen and oxygen atoms in total. The van der Waals surface area contributed by atoms with Crippen molar-refractivity contribution in [3.8, 4) is 0 Å². The van der Waals surface area contributed by atoms with Crippen LogP contribution in [0, 0.1) is 3.57 Å². The van der Waals surface area contributed by atoms with E-state index in [-0.39, 0.29) is 4.90 Å². The van der Waals surface area contributed by atoms with Crippen LogP contribution in [-0.2, 0) is 10.0 Å². The zero-order valence-electron chi connectivity index (χ0n) is 10.3. The van der Waals surface area contributed by atoms with Crippen molar-refractivity contribution in [1.82, 2.24) is 3.97 Å². The number of nitrogens with zero attached hydrogens (tertiary/aromatic N) is 1. The van der Waals surface area contributed by atoms with Crippen molar-refractivity contribution >= 4 is 49.2 Å². The highest BCUT2D eigenvalue weighted by Gasteiger charge is 2.21. The summed E-state index contributed by atoms with van der Waals surface area (Å²) in [6.07, 6.45) is 1.60. The predicted molar refractivity (Wildman–Crippen MR) is 88.1 cm³/mol. The molecular weight excluding hydrogens is 387 g/mol. The highest BCUT2D eigenvalue weighted by Crippen LogP contribution is 2.30. The second-order valence-corrected chi connectivity index (χ2v) is 7.31. The number of anilines is 1. The summed E-state index contributed by atoms with van der Waals surface area (Å²) in [6.45, 7) is 0. The Hall–Kier alpha value is -1.54. The van der Waals surface area contributed by atoms with Crippen LogP contribution in [0.15, 0.2) is 59.6 Å². The van der Waals surface area contributed by atoms with Gasteiger partial charge in [0, 0.05) is 20.8 Å². The maximum absolute atomic E-state index is 12.7. The van der Waals surface area contributed by atoms with Crippen LogP contribution in [0.1, 0.15) is 0 Å². The molecule has 3 aromatic rings. The van der Waals surface area contributed by atoms with E-state index in [9.17, 15) is 8.42 Å². The third kappa shape index (κ3) is 1.99. The predicted octanol–water partition coefficient (Wildman–Crippen LogP) is 3.07. The normalized spacial score (nSPS) is 11.8. The Morgan fingerprint density at radius 3 is 2.40 bits per heavy atom. The number of aromatic nitrogens is 1. The molecule has 0 bridgehead atoms. The molecule has 0 fully saturated rings. The van der Waals surface area contributed by atoms with E-state index in [0.717, 1.165) is 8.96 Å². The van der Waals surface area contributed by atoms with Crippen LogP contribution in [-0.4, -0.2) is 12.4 Å². The fourth-order valence-corrected chi connectivity index (χ4v) is 4.58. The number of fused-ring (bicyclic) bond motifs is 1. The maximum Gasteiger partial charge on any atom is 0.268 e. The number of halogens is 1. The first-order valence-electron chi connectivity index (χ1n) is 5.87. The number of rotatable bonds is 2. The third-order valence-corrected chi connectivity index (χ3v) is 5.59. The van der Waals surface area contributed by atoms with Gasteiger partial charge in [-0.3, -0.25) is 0 Å². The molecule has 0 saturated heterocycles. The van der Waals surface area contributed by atoms with Gasteiger partial charge < -0.3 is 5.73 Å². The van der Waals surface area contributed by atoms with Crippen molar-refractivity contribution in [3.05, 3.63) is 58.3 Å². The molecule has 102 valence electrons. The van der Waals surface area contributed by atoms with Crippen LogP contribution >= 0.6 is 22.6 Å². The minimum absolute atomic E-state index is 0.260. The fraction of sp³-hybridized carbons (Fsp3) is 0. The highest BCUT2D eigenvalue weighted by molar-refractivity contribution is 14.1. The van der Waals surface area contributed by atoms with Crippen molar-refractivity contribution in [3.63, 3.8) is 0 Å². The summed E-state index contributed by atoms with van der Waals surface area (Å²) in [5.41, 5.74) is 7.11. The SMILES string of the molecule is Nc1cccc2c1c(I)cn2S(=O)(=O)c1ccccc1. The van der Waals surface area contributed by atoms with Crippen LogP contribution in [0.3, 0.4) is 0 Å². The monoisotopic (exact) mass is 398 g/mol. The summed E-state index contributed by atoms with van der Waals surface area (Å²) in [4.78, 5) is 0.260. The molecule has 0 amide bonds. The van der Waals surface area contributed by atoms with Crippen LogP contribution < -0.4 is 5.73 Å². The van der Waals surface area contributed by atoms with Crippen molar-refractivity contribution in [1.29, 1.82) is 0 Å². The summed E-state index contributed by atoms with van der Waals surface area (Å²) >= 11 is 2.10. The number of hydrogen-bond donors (Lipinski definition) is 1. The van der Waals surface area contributed by atoms with Crippen molar-refractivity contribution in [2.45, 2.75) is 4.90 Å². The van der Waals surface area contributed by atoms with Crippen molar-refractivity contribution < 1.29 is 8.42 Å². The second kappa shape index (κ2) is 4.78. The van der Waals surface area contributed by atoms with Crippen LogP contribution in [0.2, 0.25) is 0 Å². The van der Waals surface area contributed by atoms with Gasteiger partial charge in [-0.15, -0.1) is 0 Å². The largest absolute Gasteiger partial charge is 0.398 e. The first kappa shape index (κ1) is 13.4. The minimum atomic E-state index is -3.61. The standard InChI is InChI=1S/C14H11IN2O2S/c15-11-9-17(13-8-4-7-12(16)14(11)13)20(18,19)10-5-2-1-3-6-10/h1-9H,16H2. The van der Waals surface area contributed by atoms with E-state index < -0.39 is 10.0 Å². The summed E-state index contributed by atoms with van der Waals surface area (Å²) in [5.74, 6) is 0. The number of nitrogen functional groups attached to an aromatic ring is 1. The Balaban J connectivity index is 2.34. The fourth-order valence-electron chi connectivity index (χ4n) is 2.14. The lowest BCUT2D eigenvalue weighted by Gasteiger charge is -2.07. The lowest BCUT2D eigenvalue weighted by molar-refractivity contribution is 0.589. The molecule has 2 N–H and O–H groups in total. The average Bonchev–Trinajstić information content (AvgIpc) is 2.79. The van der Waals surface area contributed by atoms with Gasteiger partial charge in [0.25, 0.3) is 10.0 Å². The van der Waals surface area contributed by atoms with Crippen molar-refractivity contribution in [2.75, 3.05) is 5.73 Å². The quantitative estimate of drug-likeness (QED) is 0.533. The molecular formula is C14H11IN2O2S. The molecule has 0 spiro atoms. The number of hydrogen-bond acceptors (Lipinski definition) is 3. The van der Waals surface area contributed by atoms with Gasteiger partial charge in [0.15, 0.2) is 0 Å². The van der Waals surface area contributed by atoms with Gasteiger partial charge in [-0.1, -0.05) is 24.3 Å². The highest BCUT2D eigenvalue weighted by atomic mass is 127. The second-order valence-electron chi connectivity index (χ2n) is 4.33. The first-order chi connectivity index (χ1) is 9.51. The Morgan fingerprint density at radius 2 is 1.70 bits per heavy atom. The molecule has 20 heavy (non-hydrogen) atoms. The molecule has 1 aromatic heterocycles. The topological polar surface area (TPSA) is 65.1 Å². The molecule has 0 saturated carbocycles. The third-order valence-electron chi connectivity index (χ3n) is 3.08. The van der Waals surface area contributed by atoms with Gasteiger partial charge in [0.2, 0.25) is 0 Å². The van der Waals surface area contributed by atoms with Gasteiger partial charge in [0.05, 0.1) is 10.4 Å². The van der Waals surface area contributed by atoms with E-state index in [4.69, 9.17) is 5.73 Å². The molecule has 0 aliphatic rings. The van der Waals surface area contributed by atoms with E-state index in [2.05, 4.69) is 22.6 Å². The van der Waals surface area contributed by atoms with Crippen molar-refractivity contribution in [2.24, 2.45) is 0 Å². The van der Waals surface area contributed by atoms with Gasteiger partial charge >= 0.3 is 0 Å². The smallest absolute Gasteiger partial charge is 0.268 e. The summed E-state index contributed by atoms with van der Waals surface area (Å²) in [7, 11) is -3.61. The maximum atomic E-state index is 12.7. The molecule has 1 heterocycles. The molecule has 6 heteroatoms. The van der Waals surface area contributed by atoms with Crippen LogP contribution in [0.5, 0.6) is 0 Å². The minimum Gasteiger partial charge on any atom is -0.398 e. The van der Waals surface area contributed by atoms with Gasteiger partial charge in [-0.05, 0) is 46.9 Å². The lowest BCUT2D eigenvalue weighted by atomic mass is 10.2. The molecule has 2 aromatic carbocycles. The Bertz CT molecular complexity index is 886. The number of nitrogens with two attached hydrogens (primary N) is 1. The zero-order valence-corrected chi connectivity index (χ0v) is 13.3. The summed E-state index contributed by atoms with van der Waals surface area (Å²) in [5, 5.41) is 0.771. The van der Waals surface area contributed by atoms with Crippen LogP contribution in [0.25, 0.3) is 10.9 Å². The van der Waals surface area contributed by atoms with E-state index in [0.29, 0.717) is 11.2 Å². The van der Waals surface area contributed by atoms with Crippen LogP contribution in [0.4, 0.5) is 5.69 Å². The summed E-state index contributed by atoms with van der Waals surface area (Å²) in [6, 6.07) is 13.6. The van der Waals surface area contributed by atoms with Gasteiger partial charge in [0.1, 0.15) is 0 Å².